The molecule has 0 N–H and O–H groups in total. The van der Waals surface area contributed by atoms with Gasteiger partial charge in [-0.05, 0) is 19.4 Å². The highest BCUT2D eigenvalue weighted by molar-refractivity contribution is 4.84. The molecule has 0 aromatic heterocycles. The van der Waals surface area contributed by atoms with Gasteiger partial charge in [-0.1, -0.05) is 6.08 Å². The van der Waals surface area contributed by atoms with E-state index in [0.717, 1.165) is 19.4 Å². The molecule has 1 atom stereocenters. The fourth-order valence-corrected chi connectivity index (χ4v) is 1.68. The van der Waals surface area contributed by atoms with Crippen molar-refractivity contribution in [3.05, 3.63) is 12.7 Å². The van der Waals surface area contributed by atoms with Gasteiger partial charge in [-0.2, -0.15) is 0 Å². The molecule has 0 aromatic rings. The summed E-state index contributed by atoms with van der Waals surface area (Å²) in [7, 11) is 0. The molecule has 0 spiro atoms. The third-order valence-corrected chi connectivity index (χ3v) is 2.30. The summed E-state index contributed by atoms with van der Waals surface area (Å²) in [6.45, 7) is 4.76. The summed E-state index contributed by atoms with van der Waals surface area (Å²) in [5.74, 6) is 0. The number of hydrogen-bond donors (Lipinski definition) is 0. The summed E-state index contributed by atoms with van der Waals surface area (Å²) in [5.41, 5.74) is 0. The smallest absolute Gasteiger partial charge is 0.294 e. The Bertz CT molecular complexity index is 193. The molecule has 82 valence electrons. The van der Waals surface area contributed by atoms with Gasteiger partial charge in [-0.15, -0.1) is 19.8 Å². The molecular weight excluding hydrogens is 195 g/mol. The predicted molar refractivity (Wildman–Crippen MR) is 46.8 cm³/mol. The molecule has 0 aromatic carbocycles. The largest absolute Gasteiger partial charge is 0.522 e. The second kappa shape index (κ2) is 4.79. The molecule has 14 heavy (non-hydrogen) atoms. The lowest BCUT2D eigenvalue weighted by Crippen LogP contribution is -2.35. The fraction of sp³-hybridized carbons (Fsp3) is 0.778. The lowest BCUT2D eigenvalue weighted by molar-refractivity contribution is -0.327. The van der Waals surface area contributed by atoms with Gasteiger partial charge in [0.05, 0.1) is 6.61 Å². The Morgan fingerprint density at radius 2 is 2.21 bits per heavy atom. The molecule has 0 aliphatic carbocycles. The Labute approximate surface area is 81.3 Å². The Morgan fingerprint density at radius 3 is 2.79 bits per heavy atom. The van der Waals surface area contributed by atoms with Crippen LogP contribution in [0.4, 0.5) is 13.2 Å². The van der Waals surface area contributed by atoms with E-state index < -0.39 is 6.36 Å². The van der Waals surface area contributed by atoms with Crippen molar-refractivity contribution >= 4 is 0 Å². The molecule has 0 bridgehead atoms. The van der Waals surface area contributed by atoms with E-state index in [4.69, 9.17) is 0 Å². The lowest BCUT2D eigenvalue weighted by atomic mass is 10.2. The summed E-state index contributed by atoms with van der Waals surface area (Å²) in [5, 5.41) is 0. The maximum absolute atomic E-state index is 11.8. The second-order valence-electron chi connectivity index (χ2n) is 3.34. The molecule has 1 heterocycles. The molecule has 2 nitrogen and oxygen atoms in total. The van der Waals surface area contributed by atoms with Gasteiger partial charge >= 0.3 is 6.36 Å². The van der Waals surface area contributed by atoms with Crippen LogP contribution in [0.1, 0.15) is 12.8 Å². The number of alkyl halides is 3. The van der Waals surface area contributed by atoms with Crippen molar-refractivity contribution in [3.63, 3.8) is 0 Å². The first-order chi connectivity index (χ1) is 6.53. The number of ether oxygens (including phenoxy) is 1. The van der Waals surface area contributed by atoms with Gasteiger partial charge in [0.15, 0.2) is 0 Å². The minimum Gasteiger partial charge on any atom is -0.294 e. The first kappa shape index (κ1) is 11.5. The summed E-state index contributed by atoms with van der Waals surface area (Å²) in [6, 6.07) is -0.116. The third kappa shape index (κ3) is 3.67. The highest BCUT2D eigenvalue weighted by Crippen LogP contribution is 2.22. The molecule has 1 aliphatic rings. The number of halogens is 3. The molecule has 1 aliphatic heterocycles. The van der Waals surface area contributed by atoms with E-state index >= 15 is 0 Å². The van der Waals surface area contributed by atoms with Crippen LogP contribution < -0.4 is 0 Å². The minimum absolute atomic E-state index is 0.116. The van der Waals surface area contributed by atoms with Crippen molar-refractivity contribution < 1.29 is 17.9 Å². The van der Waals surface area contributed by atoms with Crippen LogP contribution in [0, 0.1) is 0 Å². The first-order valence-corrected chi connectivity index (χ1v) is 4.58. The quantitative estimate of drug-likeness (QED) is 0.658. The Hall–Kier alpha value is -0.550. The molecule has 0 radical (unpaired) electrons. The summed E-state index contributed by atoms with van der Waals surface area (Å²) < 4.78 is 39.1. The van der Waals surface area contributed by atoms with E-state index in [1.54, 1.807) is 6.08 Å². The average Bonchev–Trinajstić information content (AvgIpc) is 2.48. The van der Waals surface area contributed by atoms with E-state index in [9.17, 15) is 13.2 Å². The number of likely N-dealkylation sites (tertiary alicyclic amines) is 1. The van der Waals surface area contributed by atoms with E-state index in [0.29, 0.717) is 6.54 Å². The topological polar surface area (TPSA) is 12.5 Å². The summed E-state index contributed by atoms with van der Waals surface area (Å²) >= 11 is 0. The van der Waals surface area contributed by atoms with E-state index in [2.05, 4.69) is 11.3 Å². The van der Waals surface area contributed by atoms with Crippen LogP contribution in [0.2, 0.25) is 0 Å². The number of hydrogen-bond acceptors (Lipinski definition) is 2. The molecule has 1 fully saturated rings. The monoisotopic (exact) mass is 209 g/mol. The highest BCUT2D eigenvalue weighted by atomic mass is 19.4. The van der Waals surface area contributed by atoms with Crippen LogP contribution in [0.15, 0.2) is 12.7 Å². The molecular formula is C9H14F3NO. The molecule has 0 amide bonds. The maximum atomic E-state index is 11.8. The van der Waals surface area contributed by atoms with Gasteiger partial charge < -0.3 is 0 Å². The number of nitrogens with zero attached hydrogens (tertiary/aromatic N) is 1. The third-order valence-electron chi connectivity index (χ3n) is 2.30. The van der Waals surface area contributed by atoms with Gasteiger partial charge in [-0.25, -0.2) is 0 Å². The zero-order chi connectivity index (χ0) is 10.6. The van der Waals surface area contributed by atoms with Crippen LogP contribution >= 0.6 is 0 Å². The van der Waals surface area contributed by atoms with Crippen molar-refractivity contribution in [1.29, 1.82) is 0 Å². The van der Waals surface area contributed by atoms with E-state index in [1.807, 2.05) is 4.90 Å². The molecule has 1 saturated heterocycles. The SMILES string of the molecule is C=CCN1CCC[C@@H]1COC(F)(F)F. The predicted octanol–water partition coefficient (Wildman–Crippen LogP) is 2.17. The van der Waals surface area contributed by atoms with Crippen molar-refractivity contribution in [2.24, 2.45) is 0 Å². The van der Waals surface area contributed by atoms with Crippen molar-refractivity contribution in [1.82, 2.24) is 4.90 Å². The standard InChI is InChI=1S/C9H14F3NO/c1-2-5-13-6-3-4-8(13)7-14-9(10,11)12/h2,8H,1,3-7H2/t8-/m1/s1. The van der Waals surface area contributed by atoms with Crippen LogP contribution in [-0.4, -0.2) is 37.0 Å². The van der Waals surface area contributed by atoms with Crippen LogP contribution in [0.25, 0.3) is 0 Å². The van der Waals surface area contributed by atoms with Gasteiger partial charge in [0.25, 0.3) is 0 Å². The van der Waals surface area contributed by atoms with Gasteiger partial charge in [0.2, 0.25) is 0 Å². The van der Waals surface area contributed by atoms with Crippen LogP contribution in [0.5, 0.6) is 0 Å². The van der Waals surface area contributed by atoms with Gasteiger partial charge in [0.1, 0.15) is 0 Å². The van der Waals surface area contributed by atoms with Gasteiger partial charge in [-0.3, -0.25) is 9.64 Å². The second-order valence-corrected chi connectivity index (χ2v) is 3.34. The lowest BCUT2D eigenvalue weighted by Gasteiger charge is -2.23. The maximum Gasteiger partial charge on any atom is 0.522 e. The average molecular weight is 209 g/mol. The van der Waals surface area contributed by atoms with Crippen LogP contribution in [-0.2, 0) is 4.74 Å². The van der Waals surface area contributed by atoms with Crippen molar-refractivity contribution in [2.45, 2.75) is 25.2 Å². The van der Waals surface area contributed by atoms with E-state index in [-0.39, 0.29) is 12.6 Å². The summed E-state index contributed by atoms with van der Waals surface area (Å²) in [6.07, 6.45) is -1.11. The first-order valence-electron chi connectivity index (χ1n) is 4.58. The molecule has 0 unspecified atom stereocenters. The Balaban J connectivity index is 2.32. The molecule has 0 saturated carbocycles. The fourth-order valence-electron chi connectivity index (χ4n) is 1.68. The van der Waals surface area contributed by atoms with E-state index in [1.165, 1.54) is 0 Å². The molecule has 1 rings (SSSR count). The Morgan fingerprint density at radius 1 is 1.50 bits per heavy atom. The van der Waals surface area contributed by atoms with Gasteiger partial charge in [0, 0.05) is 12.6 Å². The molecule has 5 heteroatoms. The minimum atomic E-state index is -4.51. The summed E-state index contributed by atoms with van der Waals surface area (Å²) in [4.78, 5) is 1.96. The zero-order valence-electron chi connectivity index (χ0n) is 7.89. The normalized spacial score (nSPS) is 24.1. The van der Waals surface area contributed by atoms with Crippen molar-refractivity contribution in [3.8, 4) is 0 Å². The Kier molecular flexibility index (Phi) is 3.95. The highest BCUT2D eigenvalue weighted by Gasteiger charge is 2.33. The zero-order valence-corrected chi connectivity index (χ0v) is 7.89. The van der Waals surface area contributed by atoms with Crippen LogP contribution in [0.3, 0.4) is 0 Å². The van der Waals surface area contributed by atoms with Crippen molar-refractivity contribution in [2.75, 3.05) is 19.7 Å². The number of rotatable bonds is 4.